The summed E-state index contributed by atoms with van der Waals surface area (Å²) in [6.45, 7) is 1.66. The third-order valence-electron chi connectivity index (χ3n) is 3.04. The lowest BCUT2D eigenvalue weighted by atomic mass is 10.1. The fraction of sp³-hybridized carbons (Fsp3) is 0.133. The summed E-state index contributed by atoms with van der Waals surface area (Å²) in [5.74, 6) is -0.922. The number of carbonyl (C=O) groups excluding carboxylic acids is 1. The molecule has 2 aromatic carbocycles. The Morgan fingerprint density at radius 3 is 2.55 bits per heavy atom. The van der Waals surface area contributed by atoms with Crippen LogP contribution in [0.3, 0.4) is 0 Å². The molecular formula is C15H15FN2O3S. The van der Waals surface area contributed by atoms with Gasteiger partial charge in [-0.2, -0.15) is 0 Å². The SMILES string of the molecule is Cc1cc(C(=O)NCc2ccccc2F)cc(S(N)(=O)=O)c1. The van der Waals surface area contributed by atoms with Crippen molar-refractivity contribution in [2.75, 3.05) is 0 Å². The van der Waals surface area contributed by atoms with Gasteiger partial charge in [-0.15, -0.1) is 0 Å². The lowest BCUT2D eigenvalue weighted by Gasteiger charge is -2.08. The maximum absolute atomic E-state index is 13.5. The third kappa shape index (κ3) is 3.90. The van der Waals surface area contributed by atoms with E-state index in [-0.39, 0.29) is 17.0 Å². The zero-order valence-corrected chi connectivity index (χ0v) is 12.7. The lowest BCUT2D eigenvalue weighted by Crippen LogP contribution is -2.24. The Bertz CT molecular complexity index is 819. The second-order valence-corrected chi connectivity index (χ2v) is 6.42. The third-order valence-corrected chi connectivity index (χ3v) is 3.93. The van der Waals surface area contributed by atoms with Gasteiger partial charge in [0.15, 0.2) is 0 Å². The van der Waals surface area contributed by atoms with Crippen LogP contribution in [0.4, 0.5) is 4.39 Å². The summed E-state index contributed by atoms with van der Waals surface area (Å²) < 4.78 is 36.2. The van der Waals surface area contributed by atoms with Crippen LogP contribution in [-0.2, 0) is 16.6 Å². The molecule has 1 amide bonds. The van der Waals surface area contributed by atoms with Crippen LogP contribution < -0.4 is 10.5 Å². The number of sulfonamides is 1. The van der Waals surface area contributed by atoms with Crippen molar-refractivity contribution in [3.05, 3.63) is 65.0 Å². The highest BCUT2D eigenvalue weighted by Crippen LogP contribution is 2.14. The highest BCUT2D eigenvalue weighted by Gasteiger charge is 2.14. The van der Waals surface area contributed by atoms with Gasteiger partial charge in [0.2, 0.25) is 10.0 Å². The van der Waals surface area contributed by atoms with Gasteiger partial charge in [-0.1, -0.05) is 18.2 Å². The minimum absolute atomic E-state index is 0.00412. The Hall–Kier alpha value is -2.25. The number of hydrogen-bond acceptors (Lipinski definition) is 3. The van der Waals surface area contributed by atoms with E-state index in [2.05, 4.69) is 5.32 Å². The van der Waals surface area contributed by atoms with Crippen molar-refractivity contribution < 1.29 is 17.6 Å². The summed E-state index contributed by atoms with van der Waals surface area (Å²) in [6.07, 6.45) is 0. The van der Waals surface area contributed by atoms with E-state index in [9.17, 15) is 17.6 Å². The minimum Gasteiger partial charge on any atom is -0.348 e. The number of nitrogens with one attached hydrogen (secondary N) is 1. The van der Waals surface area contributed by atoms with Crippen LogP contribution in [0.15, 0.2) is 47.4 Å². The van der Waals surface area contributed by atoms with Gasteiger partial charge < -0.3 is 5.32 Å². The fourth-order valence-electron chi connectivity index (χ4n) is 1.96. The van der Waals surface area contributed by atoms with Gasteiger partial charge in [-0.05, 0) is 36.8 Å². The van der Waals surface area contributed by atoms with Crippen LogP contribution >= 0.6 is 0 Å². The van der Waals surface area contributed by atoms with Crippen LogP contribution in [0, 0.1) is 12.7 Å². The van der Waals surface area contributed by atoms with Crippen molar-refractivity contribution in [3.63, 3.8) is 0 Å². The van der Waals surface area contributed by atoms with Gasteiger partial charge in [0, 0.05) is 17.7 Å². The number of hydrogen-bond donors (Lipinski definition) is 2. The van der Waals surface area contributed by atoms with E-state index < -0.39 is 21.7 Å². The van der Waals surface area contributed by atoms with Gasteiger partial charge in [-0.3, -0.25) is 4.79 Å². The van der Waals surface area contributed by atoms with Crippen molar-refractivity contribution in [2.24, 2.45) is 5.14 Å². The monoisotopic (exact) mass is 322 g/mol. The van der Waals surface area contributed by atoms with Gasteiger partial charge >= 0.3 is 0 Å². The number of benzene rings is 2. The smallest absolute Gasteiger partial charge is 0.251 e. The van der Waals surface area contributed by atoms with Crippen molar-refractivity contribution in [3.8, 4) is 0 Å². The summed E-state index contributed by atoms with van der Waals surface area (Å²) >= 11 is 0. The fourth-order valence-corrected chi connectivity index (χ4v) is 2.60. The molecule has 0 aliphatic carbocycles. The Morgan fingerprint density at radius 2 is 1.91 bits per heavy atom. The standard InChI is InChI=1S/C15H15FN2O3S/c1-10-6-12(8-13(7-10)22(17,20)21)15(19)18-9-11-4-2-3-5-14(11)16/h2-8H,9H2,1H3,(H,18,19)(H2,17,20,21). The van der Waals surface area contributed by atoms with Gasteiger partial charge in [0.05, 0.1) is 4.90 Å². The van der Waals surface area contributed by atoms with E-state index in [1.165, 1.54) is 24.3 Å². The van der Waals surface area contributed by atoms with Crippen molar-refractivity contribution in [1.29, 1.82) is 0 Å². The highest BCUT2D eigenvalue weighted by molar-refractivity contribution is 7.89. The molecular weight excluding hydrogens is 307 g/mol. The van der Waals surface area contributed by atoms with Gasteiger partial charge in [-0.25, -0.2) is 17.9 Å². The first-order valence-corrected chi connectivity index (χ1v) is 7.98. The molecule has 2 rings (SSSR count). The maximum Gasteiger partial charge on any atom is 0.251 e. The van der Waals surface area contributed by atoms with Crippen molar-refractivity contribution in [2.45, 2.75) is 18.4 Å². The summed E-state index contributed by atoms with van der Waals surface area (Å²) in [5.41, 5.74) is 1.08. The molecule has 0 aliphatic heterocycles. The molecule has 0 heterocycles. The summed E-state index contributed by atoms with van der Waals surface area (Å²) in [5, 5.41) is 7.62. The summed E-state index contributed by atoms with van der Waals surface area (Å²) in [6, 6.07) is 10.2. The lowest BCUT2D eigenvalue weighted by molar-refractivity contribution is 0.0950. The van der Waals surface area contributed by atoms with E-state index in [0.717, 1.165) is 0 Å². The molecule has 0 saturated carbocycles. The van der Waals surface area contributed by atoms with Crippen LogP contribution in [0.1, 0.15) is 21.5 Å². The largest absolute Gasteiger partial charge is 0.348 e. The van der Waals surface area contributed by atoms with E-state index in [1.807, 2.05) is 0 Å². The topological polar surface area (TPSA) is 89.3 Å². The van der Waals surface area contributed by atoms with E-state index >= 15 is 0 Å². The number of nitrogens with two attached hydrogens (primary N) is 1. The minimum atomic E-state index is -3.90. The number of aryl methyl sites for hydroxylation is 1. The predicted molar refractivity (Wildman–Crippen MR) is 80.1 cm³/mol. The average Bonchev–Trinajstić information content (AvgIpc) is 2.44. The molecule has 0 fully saturated rings. The number of halogens is 1. The first-order valence-electron chi connectivity index (χ1n) is 6.43. The molecule has 22 heavy (non-hydrogen) atoms. The molecule has 0 aliphatic rings. The predicted octanol–water partition coefficient (Wildman–Crippen LogP) is 1.71. The van der Waals surface area contributed by atoms with Crippen LogP contribution in [-0.4, -0.2) is 14.3 Å². The first kappa shape index (κ1) is 16.1. The Labute approximate surface area is 128 Å². The van der Waals surface area contributed by atoms with Gasteiger partial charge in [0.25, 0.3) is 5.91 Å². The zero-order chi connectivity index (χ0) is 16.3. The molecule has 0 spiro atoms. The second-order valence-electron chi connectivity index (χ2n) is 4.85. The van der Waals surface area contributed by atoms with Crippen LogP contribution in [0.25, 0.3) is 0 Å². The highest BCUT2D eigenvalue weighted by atomic mass is 32.2. The number of rotatable bonds is 4. The average molecular weight is 322 g/mol. The van der Waals surface area contributed by atoms with E-state index in [1.54, 1.807) is 25.1 Å². The van der Waals surface area contributed by atoms with Crippen molar-refractivity contribution in [1.82, 2.24) is 5.32 Å². The van der Waals surface area contributed by atoms with E-state index in [4.69, 9.17) is 5.14 Å². The molecule has 0 unspecified atom stereocenters. The molecule has 0 bridgehead atoms. The zero-order valence-electron chi connectivity index (χ0n) is 11.8. The number of primary sulfonamides is 1. The summed E-state index contributed by atoms with van der Waals surface area (Å²) in [7, 11) is -3.90. The molecule has 3 N–H and O–H groups in total. The van der Waals surface area contributed by atoms with E-state index in [0.29, 0.717) is 11.1 Å². The number of amides is 1. The van der Waals surface area contributed by atoms with Crippen molar-refractivity contribution >= 4 is 15.9 Å². The van der Waals surface area contributed by atoms with Crippen LogP contribution in [0.2, 0.25) is 0 Å². The molecule has 0 radical (unpaired) electrons. The Balaban J connectivity index is 2.20. The molecule has 2 aromatic rings. The second kappa shape index (κ2) is 6.25. The Kier molecular flexibility index (Phi) is 4.58. The maximum atomic E-state index is 13.5. The molecule has 0 aromatic heterocycles. The molecule has 0 atom stereocenters. The number of carbonyl (C=O) groups is 1. The molecule has 5 nitrogen and oxygen atoms in total. The quantitative estimate of drug-likeness (QED) is 0.898. The normalized spacial score (nSPS) is 11.2. The molecule has 7 heteroatoms. The first-order chi connectivity index (χ1) is 10.3. The van der Waals surface area contributed by atoms with Crippen LogP contribution in [0.5, 0.6) is 0 Å². The molecule has 0 saturated heterocycles. The van der Waals surface area contributed by atoms with Gasteiger partial charge in [0.1, 0.15) is 5.82 Å². The summed E-state index contributed by atoms with van der Waals surface area (Å²) in [4.78, 5) is 12.0. The Morgan fingerprint density at radius 1 is 1.23 bits per heavy atom. The molecule has 116 valence electrons.